The lowest BCUT2D eigenvalue weighted by molar-refractivity contribution is 0.391. The van der Waals surface area contributed by atoms with Crippen molar-refractivity contribution in [2.75, 3.05) is 43.4 Å². The fourth-order valence-electron chi connectivity index (χ4n) is 3.43. The average molecular weight is 572 g/mol. The zero-order valence-electron chi connectivity index (χ0n) is 18.0. The van der Waals surface area contributed by atoms with Crippen LogP contribution in [0.15, 0.2) is 4.99 Å². The summed E-state index contributed by atoms with van der Waals surface area (Å²) in [5.41, 5.74) is 0. The second-order valence-corrected chi connectivity index (χ2v) is 11.0. The van der Waals surface area contributed by atoms with Crippen LogP contribution >= 0.6 is 35.7 Å². The molecular formula is C18H34IN7O2S2. The number of halogens is 1. The lowest BCUT2D eigenvalue weighted by Gasteiger charge is -2.26. The summed E-state index contributed by atoms with van der Waals surface area (Å²) in [6.07, 6.45) is 1.82. The minimum atomic E-state index is -3.24. The Kier molecular flexibility index (Phi) is 10.1. The first-order chi connectivity index (χ1) is 13.9. The molecule has 2 N–H and O–H groups in total. The van der Waals surface area contributed by atoms with E-state index in [2.05, 4.69) is 39.6 Å². The molecule has 0 aliphatic carbocycles. The molecule has 9 nitrogen and oxygen atoms in total. The lowest BCUT2D eigenvalue weighted by Crippen LogP contribution is -2.47. The van der Waals surface area contributed by atoms with Crippen molar-refractivity contribution in [2.24, 2.45) is 4.99 Å². The van der Waals surface area contributed by atoms with Crippen molar-refractivity contribution in [1.82, 2.24) is 29.7 Å². The fourth-order valence-corrected chi connectivity index (χ4v) is 5.88. The maximum atomic E-state index is 12.5. The van der Waals surface area contributed by atoms with Crippen molar-refractivity contribution < 1.29 is 8.42 Å². The number of aliphatic imine (C=N–C) groups is 1. The molecule has 12 heteroatoms. The highest BCUT2D eigenvalue weighted by Crippen LogP contribution is 2.17. The molecule has 1 aromatic heterocycles. The van der Waals surface area contributed by atoms with Crippen LogP contribution in [0.2, 0.25) is 0 Å². The van der Waals surface area contributed by atoms with Crippen molar-refractivity contribution >= 4 is 51.7 Å². The van der Waals surface area contributed by atoms with Crippen molar-refractivity contribution in [1.29, 1.82) is 0 Å². The molecule has 30 heavy (non-hydrogen) atoms. The van der Waals surface area contributed by atoms with Gasteiger partial charge in [0, 0.05) is 49.5 Å². The monoisotopic (exact) mass is 571 g/mol. The van der Waals surface area contributed by atoms with Crippen LogP contribution < -0.4 is 10.6 Å². The van der Waals surface area contributed by atoms with Gasteiger partial charge < -0.3 is 10.6 Å². The Balaban J connectivity index is 0.00000320. The Bertz CT molecular complexity index is 807. The van der Waals surface area contributed by atoms with E-state index in [0.29, 0.717) is 25.0 Å². The van der Waals surface area contributed by atoms with Gasteiger partial charge in [-0.1, -0.05) is 13.8 Å². The first-order valence-electron chi connectivity index (χ1n) is 10.4. The topological polar surface area (TPSA) is 105 Å². The Morgan fingerprint density at radius 1 is 1.33 bits per heavy atom. The van der Waals surface area contributed by atoms with Gasteiger partial charge in [0.05, 0.1) is 18.8 Å². The second-order valence-electron chi connectivity index (χ2n) is 7.69. The molecule has 3 rings (SSSR count). The zero-order valence-corrected chi connectivity index (χ0v) is 22.0. The number of nitrogens with zero attached hydrogens (tertiary/aromatic N) is 5. The molecule has 1 unspecified atom stereocenters. The third-order valence-electron chi connectivity index (χ3n) is 5.06. The summed E-state index contributed by atoms with van der Waals surface area (Å²) in [4.78, 5) is 9.14. The van der Waals surface area contributed by atoms with Crippen molar-refractivity contribution in [3.05, 3.63) is 11.6 Å². The van der Waals surface area contributed by atoms with Crippen LogP contribution in [0.3, 0.4) is 0 Å². The molecule has 1 aromatic rings. The SMILES string of the molecule is CCNC(=NCCS(=O)(=O)N1CCSCC1)NC1CCc2nc(C(C)C)nn2C1.I. The first-order valence-corrected chi connectivity index (χ1v) is 13.2. The smallest absolute Gasteiger partial charge is 0.215 e. The van der Waals surface area contributed by atoms with Crippen LogP contribution in [0.25, 0.3) is 0 Å². The summed E-state index contributed by atoms with van der Waals surface area (Å²) in [5, 5.41) is 11.3. The minimum Gasteiger partial charge on any atom is -0.357 e. The molecule has 2 aliphatic rings. The van der Waals surface area contributed by atoms with Gasteiger partial charge in [0.2, 0.25) is 10.0 Å². The molecule has 1 fully saturated rings. The Morgan fingerprint density at radius 2 is 2.07 bits per heavy atom. The number of hydrogen-bond acceptors (Lipinski definition) is 6. The first kappa shape index (κ1) is 25.7. The summed E-state index contributed by atoms with van der Waals surface area (Å²) >= 11 is 1.80. The van der Waals surface area contributed by atoms with E-state index in [1.165, 1.54) is 0 Å². The van der Waals surface area contributed by atoms with E-state index in [4.69, 9.17) is 0 Å². The number of hydrogen-bond donors (Lipinski definition) is 2. The predicted octanol–water partition coefficient (Wildman–Crippen LogP) is 1.27. The van der Waals surface area contributed by atoms with Crippen LogP contribution in [0, 0.1) is 0 Å². The summed E-state index contributed by atoms with van der Waals surface area (Å²) < 4.78 is 28.6. The number of fused-ring (bicyclic) bond motifs is 1. The van der Waals surface area contributed by atoms with Gasteiger partial charge in [-0.3, -0.25) is 4.99 Å². The number of sulfonamides is 1. The van der Waals surface area contributed by atoms with Crippen molar-refractivity contribution in [3.8, 4) is 0 Å². The molecular weight excluding hydrogens is 537 g/mol. The number of aryl methyl sites for hydroxylation is 1. The standard InChI is InChI=1S/C18H33N7O2S2.HI/c1-4-19-18(20-7-12-29(26,27)24-8-10-28-11-9-24)21-15-5-6-16-22-17(14(2)3)23-25(16)13-15;/h14-15H,4-13H2,1-3H3,(H2,19,20,21);1H. The molecule has 1 atom stereocenters. The minimum absolute atomic E-state index is 0. The zero-order chi connectivity index (χ0) is 20.9. The molecule has 0 aromatic carbocycles. The van der Waals surface area contributed by atoms with E-state index >= 15 is 0 Å². The fraction of sp³-hybridized carbons (Fsp3) is 0.833. The van der Waals surface area contributed by atoms with Gasteiger partial charge in [-0.15, -0.1) is 24.0 Å². The number of guanidine groups is 1. The van der Waals surface area contributed by atoms with Gasteiger partial charge in [0.25, 0.3) is 0 Å². The molecule has 0 spiro atoms. The highest BCUT2D eigenvalue weighted by atomic mass is 127. The van der Waals surface area contributed by atoms with Gasteiger partial charge >= 0.3 is 0 Å². The van der Waals surface area contributed by atoms with Crippen LogP contribution in [0.5, 0.6) is 0 Å². The van der Waals surface area contributed by atoms with E-state index in [1.807, 2.05) is 11.6 Å². The normalized spacial score (nSPS) is 20.5. The van der Waals surface area contributed by atoms with Gasteiger partial charge in [0.15, 0.2) is 11.8 Å². The van der Waals surface area contributed by atoms with Crippen LogP contribution in [0.1, 0.15) is 44.8 Å². The molecule has 0 saturated carbocycles. The summed E-state index contributed by atoms with van der Waals surface area (Å²) in [6, 6.07) is 0.192. The summed E-state index contributed by atoms with van der Waals surface area (Å²) in [5.74, 6) is 4.70. The molecule has 0 radical (unpaired) electrons. The van der Waals surface area contributed by atoms with Gasteiger partial charge in [-0.25, -0.2) is 22.4 Å². The molecule has 172 valence electrons. The van der Waals surface area contributed by atoms with E-state index in [9.17, 15) is 8.42 Å². The van der Waals surface area contributed by atoms with Crippen LogP contribution in [-0.4, -0.2) is 82.9 Å². The van der Waals surface area contributed by atoms with Gasteiger partial charge in [-0.05, 0) is 13.3 Å². The Morgan fingerprint density at radius 3 is 2.73 bits per heavy atom. The quantitative estimate of drug-likeness (QED) is 0.289. The third kappa shape index (κ3) is 6.95. The maximum absolute atomic E-state index is 12.5. The van der Waals surface area contributed by atoms with Crippen LogP contribution in [0.4, 0.5) is 0 Å². The number of aromatic nitrogens is 3. The Hall–Kier alpha value is -0.600. The van der Waals surface area contributed by atoms with E-state index in [-0.39, 0.29) is 42.3 Å². The van der Waals surface area contributed by atoms with Crippen molar-refractivity contribution in [3.63, 3.8) is 0 Å². The second kappa shape index (κ2) is 11.9. The Labute approximate surface area is 201 Å². The highest BCUT2D eigenvalue weighted by molar-refractivity contribution is 14.0. The average Bonchev–Trinajstić information content (AvgIpc) is 3.12. The predicted molar refractivity (Wildman–Crippen MR) is 133 cm³/mol. The number of rotatable bonds is 7. The van der Waals surface area contributed by atoms with Crippen molar-refractivity contribution in [2.45, 2.75) is 52.1 Å². The third-order valence-corrected chi connectivity index (χ3v) is 7.85. The largest absolute Gasteiger partial charge is 0.357 e. The van der Waals surface area contributed by atoms with E-state index < -0.39 is 10.0 Å². The van der Waals surface area contributed by atoms with Gasteiger partial charge in [-0.2, -0.15) is 16.9 Å². The summed E-state index contributed by atoms with van der Waals surface area (Å²) in [6.45, 7) is 9.13. The summed E-state index contributed by atoms with van der Waals surface area (Å²) in [7, 11) is -3.24. The van der Waals surface area contributed by atoms with Crippen LogP contribution in [-0.2, 0) is 23.0 Å². The lowest BCUT2D eigenvalue weighted by atomic mass is 10.1. The van der Waals surface area contributed by atoms with E-state index in [1.54, 1.807) is 16.1 Å². The highest BCUT2D eigenvalue weighted by Gasteiger charge is 2.25. The maximum Gasteiger partial charge on any atom is 0.215 e. The molecule has 0 amide bonds. The number of thioether (sulfide) groups is 1. The van der Waals surface area contributed by atoms with E-state index in [0.717, 1.165) is 49.1 Å². The molecule has 1 saturated heterocycles. The number of nitrogens with one attached hydrogen (secondary N) is 2. The molecule has 0 bridgehead atoms. The molecule has 2 aliphatic heterocycles. The van der Waals surface area contributed by atoms with Gasteiger partial charge in [0.1, 0.15) is 5.82 Å². The molecule has 3 heterocycles.